The molecule has 1 saturated heterocycles. The Hall–Kier alpha value is -4.46. The SMILES string of the molecule is CO[C@H]1[C@@H](O)[C@H](n2ccc(=O)[nH]c2=O)O[C@@H]1C(O[C@H]1OC(C(=O)Nc2cccc([N+](=O)[O-])c2)=C[C@H](O)[C@@H]1O)C(N)=O. The highest BCUT2D eigenvalue weighted by Crippen LogP contribution is 2.34. The molecule has 41 heavy (non-hydrogen) atoms. The van der Waals surface area contributed by atoms with Crippen molar-refractivity contribution in [2.24, 2.45) is 5.73 Å². The second kappa shape index (κ2) is 12.0. The molecule has 1 fully saturated rings. The number of H-pyrrole nitrogens is 1. The molecule has 2 aliphatic heterocycles. The van der Waals surface area contributed by atoms with E-state index in [1.165, 1.54) is 18.2 Å². The molecule has 4 rings (SSSR count). The summed E-state index contributed by atoms with van der Waals surface area (Å²) in [5.41, 5.74) is 3.56. The van der Waals surface area contributed by atoms with Gasteiger partial charge in [0, 0.05) is 37.2 Å². The number of aromatic amines is 1. The largest absolute Gasteiger partial charge is 0.456 e. The van der Waals surface area contributed by atoms with Gasteiger partial charge in [0.15, 0.2) is 18.1 Å². The third-order valence-corrected chi connectivity index (χ3v) is 6.24. The fraction of sp³-hybridized carbons (Fsp3) is 0.391. The lowest BCUT2D eigenvalue weighted by Crippen LogP contribution is -2.53. The van der Waals surface area contributed by atoms with Gasteiger partial charge >= 0.3 is 5.69 Å². The molecule has 7 N–H and O–H groups in total. The number of carbonyl (C=O) groups is 2. The monoisotopic (exact) mass is 579 g/mol. The zero-order valence-corrected chi connectivity index (χ0v) is 21.1. The number of nitro groups is 1. The Morgan fingerprint density at radius 3 is 2.59 bits per heavy atom. The number of nitrogens with two attached hydrogens (primary N) is 1. The van der Waals surface area contributed by atoms with Crippen LogP contribution in [0.3, 0.4) is 0 Å². The van der Waals surface area contributed by atoms with Crippen LogP contribution >= 0.6 is 0 Å². The Bertz CT molecular complexity index is 1470. The molecule has 18 nitrogen and oxygen atoms in total. The van der Waals surface area contributed by atoms with E-state index < -0.39 is 82.9 Å². The van der Waals surface area contributed by atoms with E-state index in [-0.39, 0.29) is 11.4 Å². The number of rotatable bonds is 9. The Labute approximate surface area is 228 Å². The molecular formula is C23H25N5O13. The lowest BCUT2D eigenvalue weighted by atomic mass is 10.0. The van der Waals surface area contributed by atoms with Crippen molar-refractivity contribution in [3.05, 3.63) is 79.3 Å². The fourth-order valence-electron chi connectivity index (χ4n) is 4.28. The molecule has 0 aliphatic carbocycles. The highest BCUT2D eigenvalue weighted by Gasteiger charge is 2.52. The predicted molar refractivity (Wildman–Crippen MR) is 133 cm³/mol. The molecule has 8 atom stereocenters. The summed E-state index contributed by atoms with van der Waals surface area (Å²) in [6.45, 7) is 0. The van der Waals surface area contributed by atoms with Gasteiger partial charge in [-0.15, -0.1) is 0 Å². The maximum absolute atomic E-state index is 12.8. The van der Waals surface area contributed by atoms with Crippen molar-refractivity contribution >= 4 is 23.2 Å². The van der Waals surface area contributed by atoms with Crippen molar-refractivity contribution < 1.29 is 48.8 Å². The van der Waals surface area contributed by atoms with Crippen LogP contribution in [0.5, 0.6) is 0 Å². The third-order valence-electron chi connectivity index (χ3n) is 6.24. The van der Waals surface area contributed by atoms with Gasteiger partial charge in [-0.05, 0) is 12.1 Å². The molecule has 2 amide bonds. The Morgan fingerprint density at radius 1 is 1.22 bits per heavy atom. The van der Waals surface area contributed by atoms with Crippen LogP contribution in [0, 0.1) is 10.1 Å². The predicted octanol–water partition coefficient (Wildman–Crippen LogP) is -2.81. The van der Waals surface area contributed by atoms with Crippen molar-refractivity contribution in [3.63, 3.8) is 0 Å². The number of carbonyl (C=O) groups excluding carboxylic acids is 2. The van der Waals surface area contributed by atoms with Crippen LogP contribution in [0.15, 0.2) is 58.0 Å². The topological polar surface area (TPSA) is 268 Å². The number of primary amides is 1. The first-order chi connectivity index (χ1) is 19.4. The number of benzene rings is 1. The first-order valence-corrected chi connectivity index (χ1v) is 11.8. The number of aliphatic hydroxyl groups excluding tert-OH is 3. The quantitative estimate of drug-likeness (QED) is 0.129. The molecule has 1 aromatic heterocycles. The smallest absolute Gasteiger partial charge is 0.330 e. The van der Waals surface area contributed by atoms with Gasteiger partial charge in [-0.25, -0.2) is 4.79 Å². The van der Waals surface area contributed by atoms with E-state index in [9.17, 15) is 44.6 Å². The van der Waals surface area contributed by atoms with E-state index in [4.69, 9.17) is 24.7 Å². The number of methoxy groups -OCH3 is 1. The molecule has 3 heterocycles. The zero-order valence-electron chi connectivity index (χ0n) is 21.1. The Kier molecular flexibility index (Phi) is 8.61. The van der Waals surface area contributed by atoms with Crippen LogP contribution in [0.2, 0.25) is 0 Å². The number of nitrogens with one attached hydrogen (secondary N) is 2. The van der Waals surface area contributed by atoms with Crippen molar-refractivity contribution in [3.8, 4) is 0 Å². The van der Waals surface area contributed by atoms with Crippen molar-refractivity contribution in [1.29, 1.82) is 0 Å². The fourth-order valence-corrected chi connectivity index (χ4v) is 4.28. The van der Waals surface area contributed by atoms with Crippen LogP contribution in [0.4, 0.5) is 11.4 Å². The number of ether oxygens (including phenoxy) is 4. The molecule has 2 aliphatic rings. The standard InChI is InChI=1S/C23H25N5O13/c1-38-16-15(32)21(27-6-5-13(30)26-23(27)35)40-17(16)18(19(24)33)41-22-14(31)11(29)8-12(39-22)20(34)25-9-3-2-4-10(7-9)28(36)37/h2-8,11,14-18,21-22,29,31-32H,1H3,(H2,24,33)(H,25,34)(H,26,30,35)/t11-,14-,15+,16-,17-,18?,21+,22+/m0/s1. The van der Waals surface area contributed by atoms with E-state index in [0.717, 1.165) is 36.1 Å². The Balaban J connectivity index is 1.54. The van der Waals surface area contributed by atoms with E-state index in [1.807, 2.05) is 4.98 Å². The molecule has 1 aromatic carbocycles. The van der Waals surface area contributed by atoms with Gasteiger partial charge in [0.2, 0.25) is 12.2 Å². The number of nitrogens with zero attached hydrogens (tertiary/aromatic N) is 2. The van der Waals surface area contributed by atoms with E-state index in [1.54, 1.807) is 0 Å². The molecule has 0 spiro atoms. The number of hydrogen-bond donors (Lipinski definition) is 6. The van der Waals surface area contributed by atoms with Crippen LogP contribution in [0.1, 0.15) is 6.23 Å². The lowest BCUT2D eigenvalue weighted by Gasteiger charge is -2.35. The second-order valence-electron chi connectivity index (χ2n) is 8.92. The van der Waals surface area contributed by atoms with Gasteiger partial charge in [0.1, 0.15) is 30.5 Å². The van der Waals surface area contributed by atoms with Crippen molar-refractivity contribution in [2.75, 3.05) is 12.4 Å². The first kappa shape index (κ1) is 29.5. The molecule has 0 radical (unpaired) electrons. The minimum atomic E-state index is -1.90. The lowest BCUT2D eigenvalue weighted by molar-refractivity contribution is -0.384. The molecule has 2 aromatic rings. The summed E-state index contributed by atoms with van der Waals surface area (Å²) >= 11 is 0. The second-order valence-corrected chi connectivity index (χ2v) is 8.92. The van der Waals surface area contributed by atoms with Gasteiger partial charge in [-0.3, -0.25) is 34.0 Å². The van der Waals surface area contributed by atoms with E-state index in [2.05, 4.69) is 5.32 Å². The van der Waals surface area contributed by atoms with Crippen LogP contribution < -0.4 is 22.3 Å². The van der Waals surface area contributed by atoms with E-state index in [0.29, 0.717) is 0 Å². The summed E-state index contributed by atoms with van der Waals surface area (Å²) in [7, 11) is 1.16. The minimum absolute atomic E-state index is 0.0154. The van der Waals surface area contributed by atoms with Crippen LogP contribution in [-0.2, 0) is 28.5 Å². The molecule has 220 valence electrons. The minimum Gasteiger partial charge on any atom is -0.456 e. The number of hydrogen-bond acceptors (Lipinski definition) is 13. The average Bonchev–Trinajstić information content (AvgIpc) is 3.24. The van der Waals surface area contributed by atoms with Gasteiger partial charge in [-0.1, -0.05) is 6.07 Å². The number of amides is 2. The summed E-state index contributed by atoms with van der Waals surface area (Å²) in [6, 6.07) is 5.94. The summed E-state index contributed by atoms with van der Waals surface area (Å²) in [5, 5.41) is 44.9. The average molecular weight is 579 g/mol. The van der Waals surface area contributed by atoms with Gasteiger partial charge < -0.3 is 45.3 Å². The first-order valence-electron chi connectivity index (χ1n) is 11.8. The van der Waals surface area contributed by atoms with Crippen LogP contribution in [0.25, 0.3) is 0 Å². The van der Waals surface area contributed by atoms with Gasteiger partial charge in [-0.2, -0.15) is 0 Å². The van der Waals surface area contributed by atoms with Gasteiger partial charge in [0.05, 0.1) is 4.92 Å². The highest BCUT2D eigenvalue weighted by atomic mass is 16.7. The molecular weight excluding hydrogens is 554 g/mol. The summed E-state index contributed by atoms with van der Waals surface area (Å²) in [6.07, 6.45) is -11.3. The number of nitro benzene ring substituents is 1. The molecule has 0 saturated carbocycles. The van der Waals surface area contributed by atoms with Gasteiger partial charge in [0.25, 0.3) is 17.2 Å². The highest BCUT2D eigenvalue weighted by molar-refractivity contribution is 6.02. The number of anilines is 1. The summed E-state index contributed by atoms with van der Waals surface area (Å²) in [5.74, 6) is -2.75. The van der Waals surface area contributed by atoms with E-state index >= 15 is 0 Å². The molecule has 18 heteroatoms. The summed E-state index contributed by atoms with van der Waals surface area (Å²) < 4.78 is 22.7. The number of aliphatic hydroxyl groups is 3. The maximum Gasteiger partial charge on any atom is 0.330 e. The molecule has 0 bridgehead atoms. The third kappa shape index (κ3) is 6.16. The molecule has 1 unspecified atom stereocenters. The number of non-ortho nitro benzene ring substituents is 1. The number of aromatic nitrogens is 2. The normalized spacial score (nSPS) is 28.3. The van der Waals surface area contributed by atoms with Crippen molar-refractivity contribution in [1.82, 2.24) is 9.55 Å². The zero-order chi connectivity index (χ0) is 30.0. The maximum atomic E-state index is 12.8. The Morgan fingerprint density at radius 2 is 1.95 bits per heavy atom. The summed E-state index contributed by atoms with van der Waals surface area (Å²) in [4.78, 5) is 61.2. The van der Waals surface area contributed by atoms with Crippen LogP contribution in [-0.4, -0.2) is 91.6 Å². The van der Waals surface area contributed by atoms with Crippen molar-refractivity contribution in [2.45, 2.75) is 49.1 Å².